The minimum absolute atomic E-state index is 0.243. The zero-order valence-corrected chi connectivity index (χ0v) is 19.8. The van der Waals surface area contributed by atoms with E-state index in [4.69, 9.17) is 16.6 Å². The second-order valence-corrected chi connectivity index (χ2v) is 8.60. The monoisotopic (exact) mass is 472 g/mol. The number of unbranched alkanes of at least 4 members (excludes halogenated alkanes) is 13. The van der Waals surface area contributed by atoms with Gasteiger partial charge >= 0.3 is 0 Å². The first kappa shape index (κ1) is 25.2. The van der Waals surface area contributed by atoms with Crippen LogP contribution < -0.4 is 10.6 Å². The summed E-state index contributed by atoms with van der Waals surface area (Å²) in [7, 11) is 0. The molecule has 0 aromatic carbocycles. The average molecular weight is 474 g/mol. The van der Waals surface area contributed by atoms with E-state index in [1.165, 1.54) is 83.5 Å². The van der Waals surface area contributed by atoms with Crippen LogP contribution >= 0.6 is 28.1 Å². The normalized spacial score (nSPS) is 10.8. The third kappa shape index (κ3) is 13.3. The van der Waals surface area contributed by atoms with Crippen LogP contribution in [0.1, 0.15) is 107 Å². The Hall–Kier alpha value is -0.880. The van der Waals surface area contributed by atoms with Crippen LogP contribution in [0.15, 0.2) is 21.2 Å². The highest BCUT2D eigenvalue weighted by atomic mass is 79.9. The maximum absolute atomic E-state index is 11.9. The number of nitrogens with one attached hydrogen (secondary N) is 2. The largest absolute Gasteiger partial charge is 0.444 e. The molecule has 1 rings (SSSR count). The van der Waals surface area contributed by atoms with E-state index >= 15 is 0 Å². The molecule has 0 aliphatic carbocycles. The average Bonchev–Trinajstić information content (AvgIpc) is 3.11. The summed E-state index contributed by atoms with van der Waals surface area (Å²) in [6.07, 6.45) is 18.8. The van der Waals surface area contributed by atoms with E-state index < -0.39 is 0 Å². The Balaban J connectivity index is 1.83. The first-order valence-electron chi connectivity index (χ1n) is 11.0. The highest BCUT2D eigenvalue weighted by molar-refractivity contribution is 9.10. The number of halogens is 1. The van der Waals surface area contributed by atoms with Crippen LogP contribution in [0.25, 0.3) is 0 Å². The molecule has 1 aromatic heterocycles. The van der Waals surface area contributed by atoms with Crippen molar-refractivity contribution in [1.82, 2.24) is 10.6 Å². The minimum atomic E-state index is -0.329. The predicted molar refractivity (Wildman–Crippen MR) is 125 cm³/mol. The molecule has 1 amide bonds. The van der Waals surface area contributed by atoms with Gasteiger partial charge in [-0.2, -0.15) is 0 Å². The molecule has 2 N–H and O–H groups in total. The highest BCUT2D eigenvalue weighted by Gasteiger charge is 2.11. The van der Waals surface area contributed by atoms with Crippen molar-refractivity contribution in [1.29, 1.82) is 0 Å². The first-order chi connectivity index (χ1) is 13.6. The maximum atomic E-state index is 11.9. The van der Waals surface area contributed by atoms with Crippen LogP contribution in [0.3, 0.4) is 0 Å². The standard InChI is InChI=1S/C22H37BrN2O2S/c1-2-3-4-5-6-7-8-9-10-11-12-13-14-15-18-24-22(28)25-21(26)19-16-17-20(23)27-19/h16-17H,2-15,18H2,1H3,(H2,24,25,26,28). The van der Waals surface area contributed by atoms with Crippen LogP contribution in [0.2, 0.25) is 0 Å². The minimum Gasteiger partial charge on any atom is -0.444 e. The number of hydrogen-bond donors (Lipinski definition) is 2. The van der Waals surface area contributed by atoms with Crippen molar-refractivity contribution in [3.63, 3.8) is 0 Å². The second kappa shape index (κ2) is 17.0. The predicted octanol–water partition coefficient (Wildman–Crippen LogP) is 7.13. The van der Waals surface area contributed by atoms with Crippen molar-refractivity contribution in [2.75, 3.05) is 6.54 Å². The first-order valence-corrected chi connectivity index (χ1v) is 12.2. The smallest absolute Gasteiger partial charge is 0.293 e. The number of hydrogen-bond acceptors (Lipinski definition) is 3. The highest BCUT2D eigenvalue weighted by Crippen LogP contribution is 2.14. The summed E-state index contributed by atoms with van der Waals surface area (Å²) in [4.78, 5) is 11.9. The number of rotatable bonds is 16. The SMILES string of the molecule is CCCCCCCCCCCCCCCCNC(=S)NC(=O)c1ccc(Br)o1. The summed E-state index contributed by atoms with van der Waals surface area (Å²) < 4.78 is 5.72. The van der Waals surface area contributed by atoms with E-state index in [0.717, 1.165) is 13.0 Å². The third-order valence-electron chi connectivity index (χ3n) is 4.84. The molecule has 0 saturated heterocycles. The Morgan fingerprint density at radius 1 is 0.893 bits per heavy atom. The number of carbonyl (C=O) groups excluding carboxylic acids is 1. The van der Waals surface area contributed by atoms with Crippen LogP contribution in [-0.4, -0.2) is 17.6 Å². The van der Waals surface area contributed by atoms with Gasteiger partial charge in [0.05, 0.1) is 0 Å². The van der Waals surface area contributed by atoms with Crippen molar-refractivity contribution < 1.29 is 9.21 Å². The Labute approximate surface area is 184 Å². The molecule has 0 atom stereocenters. The number of carbonyl (C=O) groups is 1. The van der Waals surface area contributed by atoms with Crippen molar-refractivity contribution in [2.45, 2.75) is 96.8 Å². The van der Waals surface area contributed by atoms with Crippen molar-refractivity contribution in [3.8, 4) is 0 Å². The van der Waals surface area contributed by atoms with Gasteiger partial charge in [-0.15, -0.1) is 0 Å². The fourth-order valence-corrected chi connectivity index (χ4v) is 3.67. The molecule has 0 saturated carbocycles. The van der Waals surface area contributed by atoms with Crippen LogP contribution in [0, 0.1) is 0 Å². The molecule has 6 heteroatoms. The summed E-state index contributed by atoms with van der Waals surface area (Å²) in [6.45, 7) is 3.06. The second-order valence-electron chi connectivity index (χ2n) is 7.41. The summed E-state index contributed by atoms with van der Waals surface area (Å²) in [5, 5.41) is 6.06. The lowest BCUT2D eigenvalue weighted by Crippen LogP contribution is -2.39. The van der Waals surface area contributed by atoms with Crippen LogP contribution in [0.4, 0.5) is 0 Å². The van der Waals surface area contributed by atoms with E-state index in [9.17, 15) is 4.79 Å². The Morgan fingerprint density at radius 2 is 1.39 bits per heavy atom. The van der Waals surface area contributed by atoms with E-state index in [2.05, 4.69) is 33.5 Å². The van der Waals surface area contributed by atoms with Crippen molar-refractivity contribution in [3.05, 3.63) is 22.6 Å². The molecule has 0 aliphatic rings. The van der Waals surface area contributed by atoms with Gasteiger partial charge < -0.3 is 9.73 Å². The lowest BCUT2D eigenvalue weighted by molar-refractivity contribution is 0.0948. The van der Waals surface area contributed by atoms with E-state index in [1.807, 2.05) is 0 Å². The van der Waals surface area contributed by atoms with Gasteiger partial charge in [-0.25, -0.2) is 0 Å². The van der Waals surface area contributed by atoms with E-state index in [1.54, 1.807) is 12.1 Å². The van der Waals surface area contributed by atoms with Gasteiger partial charge in [0.1, 0.15) is 0 Å². The fraction of sp³-hybridized carbons (Fsp3) is 0.727. The van der Waals surface area contributed by atoms with Gasteiger partial charge in [-0.3, -0.25) is 10.1 Å². The molecule has 1 aromatic rings. The quantitative estimate of drug-likeness (QED) is 0.198. The third-order valence-corrected chi connectivity index (χ3v) is 5.51. The number of thiocarbonyl (C=S) groups is 1. The molecule has 1 heterocycles. The Kier molecular flexibility index (Phi) is 15.3. The van der Waals surface area contributed by atoms with Crippen molar-refractivity contribution in [2.24, 2.45) is 0 Å². The fourth-order valence-electron chi connectivity index (χ4n) is 3.17. The lowest BCUT2D eigenvalue weighted by atomic mass is 10.0. The molecule has 4 nitrogen and oxygen atoms in total. The summed E-state index contributed by atoms with van der Waals surface area (Å²) in [5.74, 6) is -0.0864. The van der Waals surface area contributed by atoms with E-state index in [-0.39, 0.29) is 11.7 Å². The molecule has 0 unspecified atom stereocenters. The topological polar surface area (TPSA) is 54.3 Å². The Morgan fingerprint density at radius 3 is 1.86 bits per heavy atom. The van der Waals surface area contributed by atoms with Gasteiger partial charge in [0, 0.05) is 6.54 Å². The zero-order valence-electron chi connectivity index (χ0n) is 17.4. The molecule has 0 bridgehead atoms. The molecular weight excluding hydrogens is 436 g/mol. The van der Waals surface area contributed by atoms with Gasteiger partial charge in [-0.1, -0.05) is 90.4 Å². The zero-order chi connectivity index (χ0) is 20.5. The van der Waals surface area contributed by atoms with Crippen LogP contribution in [-0.2, 0) is 0 Å². The van der Waals surface area contributed by atoms with Crippen LogP contribution in [0.5, 0.6) is 0 Å². The molecule has 0 radical (unpaired) electrons. The van der Waals surface area contributed by atoms with Gasteiger partial charge in [0.15, 0.2) is 15.5 Å². The van der Waals surface area contributed by atoms with Gasteiger partial charge in [-0.05, 0) is 46.7 Å². The molecule has 160 valence electrons. The molecule has 0 spiro atoms. The maximum Gasteiger partial charge on any atom is 0.293 e. The number of furan rings is 1. The number of amides is 1. The molecule has 0 aliphatic heterocycles. The Bertz CT molecular complexity index is 548. The summed E-state index contributed by atoms with van der Waals surface area (Å²) in [5.41, 5.74) is 0. The molecular formula is C22H37BrN2O2S. The molecule has 28 heavy (non-hydrogen) atoms. The summed E-state index contributed by atoms with van der Waals surface area (Å²) >= 11 is 8.31. The summed E-state index contributed by atoms with van der Waals surface area (Å²) in [6, 6.07) is 3.29. The van der Waals surface area contributed by atoms with Gasteiger partial charge in [0.2, 0.25) is 0 Å². The van der Waals surface area contributed by atoms with E-state index in [0.29, 0.717) is 9.78 Å². The lowest BCUT2D eigenvalue weighted by Gasteiger charge is -2.08. The van der Waals surface area contributed by atoms with Gasteiger partial charge in [0.25, 0.3) is 5.91 Å². The van der Waals surface area contributed by atoms with Crippen molar-refractivity contribution >= 4 is 39.2 Å². The molecule has 0 fully saturated rings.